The average Bonchev–Trinajstić information content (AvgIpc) is 2.64. The summed E-state index contributed by atoms with van der Waals surface area (Å²) in [6.07, 6.45) is 4.98. The number of rotatable bonds is 2. The highest BCUT2D eigenvalue weighted by molar-refractivity contribution is 6.33. The van der Waals surface area contributed by atoms with Crippen molar-refractivity contribution in [3.63, 3.8) is 0 Å². The fourth-order valence-corrected chi connectivity index (χ4v) is 4.19. The minimum absolute atomic E-state index is 0.00278. The fourth-order valence-electron chi connectivity index (χ4n) is 3.77. The van der Waals surface area contributed by atoms with Gasteiger partial charge < -0.3 is 10.6 Å². The van der Waals surface area contributed by atoms with Crippen LogP contribution >= 0.6 is 23.2 Å². The van der Waals surface area contributed by atoms with Crippen molar-refractivity contribution >= 4 is 23.2 Å². The lowest BCUT2D eigenvalue weighted by Crippen LogP contribution is -2.42. The molecule has 2 fully saturated rings. The number of piperidine rings is 1. The van der Waals surface area contributed by atoms with E-state index in [0.717, 1.165) is 10.6 Å². The highest BCUT2D eigenvalue weighted by atomic mass is 35.5. The molecule has 3 atom stereocenters. The Bertz CT molecular complexity index is 463. The van der Waals surface area contributed by atoms with E-state index in [1.165, 1.54) is 25.7 Å². The van der Waals surface area contributed by atoms with Crippen LogP contribution in [0.15, 0.2) is 18.2 Å². The summed E-state index contributed by atoms with van der Waals surface area (Å²) >= 11 is 12.3. The van der Waals surface area contributed by atoms with Crippen molar-refractivity contribution in [1.82, 2.24) is 4.90 Å². The van der Waals surface area contributed by atoms with E-state index in [2.05, 4.69) is 11.9 Å². The fraction of sp³-hybridized carbons (Fsp3) is 0.600. The van der Waals surface area contributed by atoms with Gasteiger partial charge >= 0.3 is 0 Å². The molecule has 2 N–H and O–H groups in total. The zero-order chi connectivity index (χ0) is 13.6. The van der Waals surface area contributed by atoms with Crippen LogP contribution in [-0.4, -0.2) is 24.0 Å². The third kappa shape index (κ3) is 2.52. The highest BCUT2D eigenvalue weighted by Gasteiger charge is 2.40. The summed E-state index contributed by atoms with van der Waals surface area (Å²) in [7, 11) is 2.25. The topological polar surface area (TPSA) is 29.3 Å². The van der Waals surface area contributed by atoms with E-state index in [1.54, 1.807) is 0 Å². The van der Waals surface area contributed by atoms with Gasteiger partial charge in [-0.1, -0.05) is 23.2 Å². The predicted molar refractivity (Wildman–Crippen MR) is 80.7 cm³/mol. The first kappa shape index (κ1) is 13.7. The molecule has 1 aromatic rings. The maximum absolute atomic E-state index is 6.48. The van der Waals surface area contributed by atoms with Crippen LogP contribution in [0.4, 0.5) is 0 Å². The van der Waals surface area contributed by atoms with Crippen LogP contribution in [0, 0.1) is 5.92 Å². The Morgan fingerprint density at radius 2 is 1.84 bits per heavy atom. The van der Waals surface area contributed by atoms with Crippen LogP contribution in [0.1, 0.15) is 37.3 Å². The van der Waals surface area contributed by atoms with E-state index >= 15 is 0 Å². The van der Waals surface area contributed by atoms with Gasteiger partial charge in [-0.2, -0.15) is 0 Å². The molecule has 0 saturated carbocycles. The predicted octanol–water partition coefficient (Wildman–Crippen LogP) is 3.87. The average molecular weight is 299 g/mol. The number of nitrogens with two attached hydrogens (primary N) is 1. The normalized spacial score (nSPS) is 32.5. The Balaban J connectivity index is 1.81. The van der Waals surface area contributed by atoms with Crippen LogP contribution in [0.3, 0.4) is 0 Å². The molecule has 2 aliphatic rings. The standard InChI is InChI=1S/C15H20Cl2N2/c1-19-11-3-4-12(19)7-9(6-11)15(18)13-8-10(16)2-5-14(13)17/h2,5,8-9,11-12,15H,3-4,6-7,18H2,1H3. The van der Waals surface area contributed by atoms with E-state index in [4.69, 9.17) is 28.9 Å². The van der Waals surface area contributed by atoms with Gasteiger partial charge in [0.15, 0.2) is 0 Å². The summed E-state index contributed by atoms with van der Waals surface area (Å²) in [6, 6.07) is 7.00. The van der Waals surface area contributed by atoms with Gasteiger partial charge in [0.25, 0.3) is 0 Å². The van der Waals surface area contributed by atoms with Crippen LogP contribution < -0.4 is 5.73 Å². The van der Waals surface area contributed by atoms with Crippen molar-refractivity contribution in [1.29, 1.82) is 0 Å². The first-order chi connectivity index (χ1) is 9.06. The summed E-state index contributed by atoms with van der Waals surface area (Å²) in [6.45, 7) is 0. The Kier molecular flexibility index (Phi) is 3.78. The molecular formula is C15H20Cl2N2. The maximum Gasteiger partial charge on any atom is 0.0454 e. The number of hydrogen-bond donors (Lipinski definition) is 1. The van der Waals surface area contributed by atoms with Gasteiger partial charge in [0.2, 0.25) is 0 Å². The van der Waals surface area contributed by atoms with E-state index < -0.39 is 0 Å². The lowest BCUT2D eigenvalue weighted by molar-refractivity contribution is 0.121. The molecular weight excluding hydrogens is 279 g/mol. The van der Waals surface area contributed by atoms with Crippen molar-refractivity contribution in [2.24, 2.45) is 11.7 Å². The van der Waals surface area contributed by atoms with Crippen molar-refractivity contribution < 1.29 is 0 Å². The smallest absolute Gasteiger partial charge is 0.0454 e. The third-order valence-corrected chi connectivity index (χ3v) is 5.54. The largest absolute Gasteiger partial charge is 0.324 e. The number of halogens is 2. The van der Waals surface area contributed by atoms with E-state index in [9.17, 15) is 0 Å². The molecule has 104 valence electrons. The van der Waals surface area contributed by atoms with Crippen LogP contribution in [-0.2, 0) is 0 Å². The highest BCUT2D eigenvalue weighted by Crippen LogP contribution is 2.43. The van der Waals surface area contributed by atoms with E-state index in [1.807, 2.05) is 18.2 Å². The number of nitrogens with zero attached hydrogens (tertiary/aromatic N) is 1. The first-order valence-electron chi connectivity index (χ1n) is 6.98. The molecule has 2 heterocycles. The summed E-state index contributed by atoms with van der Waals surface area (Å²) in [5.41, 5.74) is 7.48. The summed E-state index contributed by atoms with van der Waals surface area (Å²) in [5.74, 6) is 0.518. The quantitative estimate of drug-likeness (QED) is 0.898. The molecule has 0 radical (unpaired) electrons. The molecule has 1 aromatic carbocycles. The first-order valence-corrected chi connectivity index (χ1v) is 7.74. The Labute approximate surface area is 124 Å². The Morgan fingerprint density at radius 3 is 2.47 bits per heavy atom. The molecule has 2 nitrogen and oxygen atoms in total. The third-order valence-electron chi connectivity index (χ3n) is 4.96. The van der Waals surface area contributed by atoms with Gasteiger partial charge in [-0.3, -0.25) is 0 Å². The van der Waals surface area contributed by atoms with Crippen LogP contribution in [0.5, 0.6) is 0 Å². The van der Waals surface area contributed by atoms with Gasteiger partial charge in [-0.25, -0.2) is 0 Å². The second-order valence-electron chi connectivity index (χ2n) is 5.97. The summed E-state index contributed by atoms with van der Waals surface area (Å²) < 4.78 is 0. The van der Waals surface area contributed by atoms with Gasteiger partial charge in [-0.05, 0) is 62.4 Å². The Hall–Kier alpha value is -0.280. The van der Waals surface area contributed by atoms with Gasteiger partial charge in [0, 0.05) is 28.2 Å². The van der Waals surface area contributed by atoms with Crippen LogP contribution in [0.2, 0.25) is 10.0 Å². The molecule has 3 rings (SSSR count). The molecule has 0 amide bonds. The van der Waals surface area contributed by atoms with Crippen LogP contribution in [0.25, 0.3) is 0 Å². The number of hydrogen-bond acceptors (Lipinski definition) is 2. The van der Waals surface area contributed by atoms with Gasteiger partial charge in [0.05, 0.1) is 0 Å². The molecule has 2 aliphatic heterocycles. The van der Waals surface area contributed by atoms with Crippen molar-refractivity contribution in [2.75, 3.05) is 7.05 Å². The maximum atomic E-state index is 6.48. The lowest BCUT2D eigenvalue weighted by Gasteiger charge is -2.39. The van der Waals surface area contributed by atoms with Crippen molar-refractivity contribution in [3.8, 4) is 0 Å². The molecule has 19 heavy (non-hydrogen) atoms. The van der Waals surface area contributed by atoms with Gasteiger partial charge in [0.1, 0.15) is 0 Å². The zero-order valence-corrected chi connectivity index (χ0v) is 12.7. The molecule has 2 bridgehead atoms. The minimum atomic E-state index is 0.00278. The van der Waals surface area contributed by atoms with Crippen molar-refractivity contribution in [2.45, 2.75) is 43.8 Å². The Morgan fingerprint density at radius 1 is 1.21 bits per heavy atom. The number of fused-ring (bicyclic) bond motifs is 2. The SMILES string of the molecule is CN1C2CCC1CC(C(N)c1cc(Cl)ccc1Cl)C2. The molecule has 0 aromatic heterocycles. The number of benzene rings is 1. The molecule has 0 aliphatic carbocycles. The van der Waals surface area contributed by atoms with E-state index in [0.29, 0.717) is 23.0 Å². The molecule has 2 saturated heterocycles. The minimum Gasteiger partial charge on any atom is -0.324 e. The van der Waals surface area contributed by atoms with Gasteiger partial charge in [-0.15, -0.1) is 0 Å². The monoisotopic (exact) mass is 298 g/mol. The summed E-state index contributed by atoms with van der Waals surface area (Å²) in [4.78, 5) is 2.53. The lowest BCUT2D eigenvalue weighted by atomic mass is 9.82. The van der Waals surface area contributed by atoms with E-state index in [-0.39, 0.29) is 6.04 Å². The summed E-state index contributed by atoms with van der Waals surface area (Å²) in [5, 5.41) is 1.45. The molecule has 4 heteroatoms. The molecule has 0 spiro atoms. The second kappa shape index (κ2) is 5.25. The van der Waals surface area contributed by atoms with Crippen molar-refractivity contribution in [3.05, 3.63) is 33.8 Å². The zero-order valence-electron chi connectivity index (χ0n) is 11.2. The molecule has 3 unspecified atom stereocenters. The second-order valence-corrected chi connectivity index (χ2v) is 6.82.